The van der Waals surface area contributed by atoms with E-state index in [9.17, 15) is 41.0 Å². The Hall–Kier alpha value is -3.32. The maximum atomic E-state index is 14.4. The van der Waals surface area contributed by atoms with Crippen LogP contribution in [-0.2, 0) is 26.6 Å². The zero-order valence-corrected chi connectivity index (χ0v) is 25.2. The van der Waals surface area contributed by atoms with E-state index in [0.717, 1.165) is 10.5 Å². The second-order valence-corrected chi connectivity index (χ2v) is 12.8. The predicted molar refractivity (Wildman–Crippen MR) is 148 cm³/mol. The van der Waals surface area contributed by atoms with Crippen molar-refractivity contribution >= 4 is 12.0 Å². The van der Waals surface area contributed by atoms with Crippen LogP contribution < -0.4 is 0 Å². The average molecular weight is 631 g/mol. The van der Waals surface area contributed by atoms with E-state index in [1.165, 1.54) is 11.8 Å². The van der Waals surface area contributed by atoms with Crippen molar-refractivity contribution in [2.45, 2.75) is 83.3 Å². The summed E-state index contributed by atoms with van der Waals surface area (Å²) < 4.78 is 93.3. The van der Waals surface area contributed by atoms with Crippen molar-refractivity contribution in [2.24, 2.45) is 5.41 Å². The molecule has 13 heteroatoms. The van der Waals surface area contributed by atoms with Gasteiger partial charge < -0.3 is 19.5 Å². The molecule has 0 bridgehead atoms. The number of carboxylic acid groups (broad SMARTS) is 1. The quantitative estimate of drug-likeness (QED) is 0.350. The largest absolute Gasteiger partial charge is 0.465 e. The van der Waals surface area contributed by atoms with Crippen LogP contribution in [-0.4, -0.2) is 64.0 Å². The van der Waals surface area contributed by atoms with Gasteiger partial charge in [0.1, 0.15) is 5.72 Å². The number of amides is 2. The molecule has 1 N–H and O–H groups in total. The lowest BCUT2D eigenvalue weighted by atomic mass is 9.71. The molecule has 0 aromatic heterocycles. The van der Waals surface area contributed by atoms with Gasteiger partial charge in [-0.05, 0) is 55.5 Å². The van der Waals surface area contributed by atoms with Crippen LogP contribution in [0.2, 0.25) is 0 Å². The topological polar surface area (TPSA) is 79.3 Å². The number of hydrogen-bond donors (Lipinski definition) is 1. The van der Waals surface area contributed by atoms with E-state index in [4.69, 9.17) is 9.47 Å². The SMILES string of the molecule is C[C@@H](O[C@H]1CN(C(=O)C2(C(C)(C)C)COC(C)(C)N2C(=O)O)C[C@@H]1c1ccccc1)c1cc(C(F)(F)F)cc(C(F)(F)F)c1. The Balaban J connectivity index is 1.73. The molecular weight excluding hydrogens is 594 g/mol. The minimum Gasteiger partial charge on any atom is -0.465 e. The molecule has 242 valence electrons. The third kappa shape index (κ3) is 6.13. The van der Waals surface area contributed by atoms with Crippen LogP contribution in [0, 0.1) is 5.41 Å². The Kier molecular flexibility index (Phi) is 8.57. The number of benzene rings is 2. The molecule has 2 saturated heterocycles. The first-order valence-electron chi connectivity index (χ1n) is 14.1. The summed E-state index contributed by atoms with van der Waals surface area (Å²) in [5.74, 6) is -1.04. The third-order valence-electron chi connectivity index (χ3n) is 8.58. The van der Waals surface area contributed by atoms with E-state index in [0.29, 0.717) is 12.1 Å². The molecule has 2 aromatic carbocycles. The summed E-state index contributed by atoms with van der Waals surface area (Å²) in [5.41, 5.74) is -6.38. The summed E-state index contributed by atoms with van der Waals surface area (Å²) >= 11 is 0. The summed E-state index contributed by atoms with van der Waals surface area (Å²) in [7, 11) is 0. The number of alkyl halides is 6. The zero-order valence-electron chi connectivity index (χ0n) is 25.2. The molecule has 0 spiro atoms. The van der Waals surface area contributed by atoms with Crippen molar-refractivity contribution in [1.29, 1.82) is 0 Å². The molecule has 0 saturated carbocycles. The van der Waals surface area contributed by atoms with Gasteiger partial charge in [-0.1, -0.05) is 51.1 Å². The number of halogens is 6. The molecule has 0 aliphatic carbocycles. The van der Waals surface area contributed by atoms with Crippen LogP contribution in [0.5, 0.6) is 0 Å². The lowest BCUT2D eigenvalue weighted by molar-refractivity contribution is -0.150. The molecule has 44 heavy (non-hydrogen) atoms. The maximum absolute atomic E-state index is 14.4. The highest BCUT2D eigenvalue weighted by Crippen LogP contribution is 2.48. The van der Waals surface area contributed by atoms with Gasteiger partial charge in [-0.2, -0.15) is 26.3 Å². The van der Waals surface area contributed by atoms with Gasteiger partial charge in [-0.15, -0.1) is 0 Å². The fraction of sp³-hybridized carbons (Fsp3) is 0.548. The van der Waals surface area contributed by atoms with Crippen LogP contribution in [0.4, 0.5) is 31.1 Å². The second-order valence-electron chi connectivity index (χ2n) is 12.8. The number of rotatable bonds is 5. The minimum absolute atomic E-state index is 0.0598. The van der Waals surface area contributed by atoms with Gasteiger partial charge in [0.2, 0.25) is 0 Å². The second kappa shape index (κ2) is 11.2. The van der Waals surface area contributed by atoms with Crippen molar-refractivity contribution in [1.82, 2.24) is 9.80 Å². The van der Waals surface area contributed by atoms with Gasteiger partial charge in [-0.25, -0.2) is 4.79 Å². The highest BCUT2D eigenvalue weighted by atomic mass is 19.4. The molecule has 2 amide bonds. The molecule has 2 aliphatic heterocycles. The lowest BCUT2D eigenvalue weighted by Crippen LogP contribution is -2.68. The molecule has 7 nitrogen and oxygen atoms in total. The fourth-order valence-corrected chi connectivity index (χ4v) is 6.21. The van der Waals surface area contributed by atoms with E-state index in [-0.39, 0.29) is 31.3 Å². The standard InChI is InChI=1S/C31H36F6N2O5/c1-18(20-12-21(30(32,33)34)14-22(13-20)31(35,36)37)44-24-16-38(15-23(24)19-10-8-7-9-11-19)25(40)29(27(2,3)4)17-43-28(5,6)39(29)26(41)42/h7-14,18,23-24H,15-17H2,1-6H3,(H,41,42)/t18-,23-,24+,29?/m1/s1. The first-order chi connectivity index (χ1) is 20.1. The number of hydrogen-bond acceptors (Lipinski definition) is 4. The summed E-state index contributed by atoms with van der Waals surface area (Å²) in [4.78, 5) is 29.5. The molecule has 0 radical (unpaired) electrons. The van der Waals surface area contributed by atoms with E-state index in [1.807, 2.05) is 0 Å². The van der Waals surface area contributed by atoms with E-state index in [1.54, 1.807) is 65.0 Å². The predicted octanol–water partition coefficient (Wildman–Crippen LogP) is 7.33. The Morgan fingerprint density at radius 1 is 0.955 bits per heavy atom. The maximum Gasteiger partial charge on any atom is 0.416 e. The number of carbonyl (C=O) groups is 2. The molecule has 4 rings (SSSR count). The molecule has 2 aliphatic rings. The van der Waals surface area contributed by atoms with Crippen molar-refractivity contribution < 1.29 is 50.5 Å². The van der Waals surface area contributed by atoms with Gasteiger partial charge in [0, 0.05) is 19.0 Å². The van der Waals surface area contributed by atoms with Gasteiger partial charge in [0.15, 0.2) is 5.54 Å². The van der Waals surface area contributed by atoms with Gasteiger partial charge in [-0.3, -0.25) is 9.69 Å². The lowest BCUT2D eigenvalue weighted by Gasteiger charge is -2.48. The first-order valence-corrected chi connectivity index (χ1v) is 14.1. The number of ether oxygens (including phenoxy) is 2. The molecule has 2 heterocycles. The Labute approximate surface area is 251 Å². The third-order valence-corrected chi connectivity index (χ3v) is 8.58. The average Bonchev–Trinajstić information content (AvgIpc) is 3.45. The normalized spacial score (nSPS) is 24.9. The van der Waals surface area contributed by atoms with E-state index < -0.39 is 70.3 Å². The summed E-state index contributed by atoms with van der Waals surface area (Å²) in [6.07, 6.45) is -13.4. The van der Waals surface area contributed by atoms with E-state index in [2.05, 4.69) is 0 Å². The van der Waals surface area contributed by atoms with Crippen LogP contribution in [0.15, 0.2) is 48.5 Å². The summed E-state index contributed by atoms with van der Waals surface area (Å²) in [6.45, 7) is 9.44. The minimum atomic E-state index is -5.02. The molecule has 2 aromatic rings. The van der Waals surface area contributed by atoms with Crippen molar-refractivity contribution in [3.8, 4) is 0 Å². The number of likely N-dealkylation sites (tertiary alicyclic amines) is 1. The smallest absolute Gasteiger partial charge is 0.416 e. The van der Waals surface area contributed by atoms with Gasteiger partial charge >= 0.3 is 18.4 Å². The fourth-order valence-electron chi connectivity index (χ4n) is 6.21. The Morgan fingerprint density at radius 3 is 1.98 bits per heavy atom. The van der Waals surface area contributed by atoms with Gasteiger partial charge in [0.05, 0.1) is 29.9 Å². The van der Waals surface area contributed by atoms with Crippen molar-refractivity contribution in [3.63, 3.8) is 0 Å². The number of carbonyl (C=O) groups excluding carboxylic acids is 1. The van der Waals surface area contributed by atoms with Crippen LogP contribution in [0.1, 0.15) is 75.8 Å². The Bertz CT molecular complexity index is 1360. The van der Waals surface area contributed by atoms with Crippen LogP contribution in [0.3, 0.4) is 0 Å². The molecule has 4 atom stereocenters. The highest BCUT2D eigenvalue weighted by molar-refractivity contribution is 5.92. The van der Waals surface area contributed by atoms with Crippen LogP contribution in [0.25, 0.3) is 0 Å². The molecule has 2 fully saturated rings. The number of nitrogens with zero attached hydrogens (tertiary/aromatic N) is 2. The Morgan fingerprint density at radius 2 is 1.50 bits per heavy atom. The zero-order chi connectivity index (χ0) is 33.0. The van der Waals surface area contributed by atoms with Crippen molar-refractivity contribution in [3.05, 3.63) is 70.8 Å². The van der Waals surface area contributed by atoms with Crippen LogP contribution >= 0.6 is 0 Å². The molecule has 1 unspecified atom stereocenters. The monoisotopic (exact) mass is 630 g/mol. The summed E-state index contributed by atoms with van der Waals surface area (Å²) in [5, 5.41) is 10.2. The first kappa shape index (κ1) is 33.6. The summed E-state index contributed by atoms with van der Waals surface area (Å²) in [6, 6.07) is 10.2. The highest BCUT2D eigenvalue weighted by Gasteiger charge is 2.66. The molecular formula is C31H36F6N2O5. The van der Waals surface area contributed by atoms with Gasteiger partial charge in [0.25, 0.3) is 5.91 Å². The van der Waals surface area contributed by atoms with Crippen molar-refractivity contribution in [2.75, 3.05) is 19.7 Å². The van der Waals surface area contributed by atoms with E-state index >= 15 is 0 Å².